The molecule has 1 heterocycles. The largest absolute Gasteiger partial charge is 0.434 e. The molecule has 0 bridgehead atoms. The molecular formula is C14H14BrF2N3O. The van der Waals surface area contributed by atoms with E-state index in [4.69, 9.17) is 5.84 Å². The van der Waals surface area contributed by atoms with Crippen LogP contribution in [0, 0.1) is 0 Å². The number of benzene rings is 1. The fourth-order valence-electron chi connectivity index (χ4n) is 1.97. The van der Waals surface area contributed by atoms with Gasteiger partial charge >= 0.3 is 6.61 Å². The summed E-state index contributed by atoms with van der Waals surface area (Å²) in [6, 6.07) is 9.87. The first-order chi connectivity index (χ1) is 10.1. The Morgan fingerprint density at radius 2 is 2.00 bits per heavy atom. The SMILES string of the molecule is NNC(Cc1ccc(Br)cn1)c1ccccc1OC(F)F. The molecule has 1 aromatic carbocycles. The van der Waals surface area contributed by atoms with Crippen molar-refractivity contribution in [1.29, 1.82) is 0 Å². The maximum Gasteiger partial charge on any atom is 0.387 e. The molecule has 2 rings (SSSR count). The van der Waals surface area contributed by atoms with Gasteiger partial charge in [-0.1, -0.05) is 18.2 Å². The van der Waals surface area contributed by atoms with Crippen LogP contribution < -0.4 is 16.0 Å². The number of hydrazine groups is 1. The van der Waals surface area contributed by atoms with Crippen molar-refractivity contribution >= 4 is 15.9 Å². The Labute approximate surface area is 129 Å². The Hall–Kier alpha value is -1.57. The van der Waals surface area contributed by atoms with Crippen LogP contribution in [0.25, 0.3) is 0 Å². The zero-order valence-corrected chi connectivity index (χ0v) is 12.6. The lowest BCUT2D eigenvalue weighted by Crippen LogP contribution is -2.30. The standard InChI is InChI=1S/C14H14BrF2N3O/c15-9-5-6-10(19-8-9)7-12(20-18)11-3-1-2-4-13(11)21-14(16)17/h1-6,8,12,14,20H,7,18H2. The molecule has 0 amide bonds. The molecule has 0 aliphatic carbocycles. The molecular weight excluding hydrogens is 344 g/mol. The minimum absolute atomic E-state index is 0.104. The van der Waals surface area contributed by atoms with Crippen LogP contribution in [0.3, 0.4) is 0 Å². The molecule has 0 spiro atoms. The number of ether oxygens (including phenoxy) is 1. The first-order valence-electron chi connectivity index (χ1n) is 6.20. The van der Waals surface area contributed by atoms with Gasteiger partial charge in [0.2, 0.25) is 0 Å². The molecule has 1 unspecified atom stereocenters. The number of nitrogens with two attached hydrogens (primary N) is 1. The highest BCUT2D eigenvalue weighted by molar-refractivity contribution is 9.10. The van der Waals surface area contributed by atoms with Gasteiger partial charge in [-0.05, 0) is 34.1 Å². The first kappa shape index (κ1) is 15.8. The summed E-state index contributed by atoms with van der Waals surface area (Å²) < 4.78 is 30.3. The van der Waals surface area contributed by atoms with Crippen molar-refractivity contribution in [3.05, 3.63) is 58.3 Å². The highest BCUT2D eigenvalue weighted by Crippen LogP contribution is 2.28. The third-order valence-electron chi connectivity index (χ3n) is 2.91. The van der Waals surface area contributed by atoms with E-state index in [1.807, 2.05) is 12.1 Å². The summed E-state index contributed by atoms with van der Waals surface area (Å²) in [6.07, 6.45) is 2.12. The second kappa shape index (κ2) is 7.44. The number of para-hydroxylation sites is 1. The monoisotopic (exact) mass is 357 g/mol. The van der Waals surface area contributed by atoms with Crippen molar-refractivity contribution in [2.75, 3.05) is 0 Å². The van der Waals surface area contributed by atoms with Crippen molar-refractivity contribution < 1.29 is 13.5 Å². The van der Waals surface area contributed by atoms with Gasteiger partial charge in [-0.25, -0.2) is 0 Å². The van der Waals surface area contributed by atoms with E-state index in [1.165, 1.54) is 6.07 Å². The number of nitrogens with zero attached hydrogens (tertiary/aromatic N) is 1. The van der Waals surface area contributed by atoms with Gasteiger partial charge in [0.25, 0.3) is 0 Å². The topological polar surface area (TPSA) is 60.2 Å². The summed E-state index contributed by atoms with van der Waals surface area (Å²) in [4.78, 5) is 4.25. The predicted molar refractivity (Wildman–Crippen MR) is 78.8 cm³/mol. The van der Waals surface area contributed by atoms with E-state index in [-0.39, 0.29) is 11.8 Å². The molecule has 112 valence electrons. The number of hydrogen-bond donors (Lipinski definition) is 2. The minimum Gasteiger partial charge on any atom is -0.434 e. The van der Waals surface area contributed by atoms with E-state index in [1.54, 1.807) is 24.4 Å². The summed E-state index contributed by atoms with van der Waals surface area (Å²) in [5.41, 5.74) is 3.96. The maximum absolute atomic E-state index is 12.4. The van der Waals surface area contributed by atoms with Gasteiger partial charge in [-0.3, -0.25) is 16.3 Å². The van der Waals surface area contributed by atoms with E-state index in [2.05, 4.69) is 31.1 Å². The van der Waals surface area contributed by atoms with Crippen LogP contribution in [-0.4, -0.2) is 11.6 Å². The smallest absolute Gasteiger partial charge is 0.387 e. The van der Waals surface area contributed by atoms with Crippen LogP contribution in [0.4, 0.5) is 8.78 Å². The van der Waals surface area contributed by atoms with Gasteiger partial charge in [0.15, 0.2) is 0 Å². The van der Waals surface area contributed by atoms with Gasteiger partial charge in [0.05, 0.1) is 6.04 Å². The molecule has 1 aromatic heterocycles. The Bertz CT molecular complexity index is 581. The number of rotatable bonds is 6. The second-order valence-corrected chi connectivity index (χ2v) is 5.22. The molecule has 0 aliphatic rings. The lowest BCUT2D eigenvalue weighted by Gasteiger charge is -2.19. The quantitative estimate of drug-likeness (QED) is 0.615. The lowest BCUT2D eigenvalue weighted by molar-refractivity contribution is -0.0507. The zero-order valence-electron chi connectivity index (χ0n) is 11.0. The Morgan fingerprint density at radius 3 is 2.62 bits per heavy atom. The summed E-state index contributed by atoms with van der Waals surface area (Å²) in [5.74, 6) is 5.66. The van der Waals surface area contributed by atoms with Crippen LogP contribution >= 0.6 is 15.9 Å². The highest BCUT2D eigenvalue weighted by Gasteiger charge is 2.18. The molecule has 3 N–H and O–H groups in total. The van der Waals surface area contributed by atoms with Gasteiger partial charge in [-0.15, -0.1) is 0 Å². The van der Waals surface area contributed by atoms with Gasteiger partial charge in [0.1, 0.15) is 5.75 Å². The molecule has 0 aliphatic heterocycles. The second-order valence-electron chi connectivity index (χ2n) is 4.31. The van der Waals surface area contributed by atoms with E-state index >= 15 is 0 Å². The fraction of sp³-hybridized carbons (Fsp3) is 0.214. The van der Waals surface area contributed by atoms with Crippen molar-refractivity contribution in [1.82, 2.24) is 10.4 Å². The van der Waals surface area contributed by atoms with Crippen molar-refractivity contribution in [2.45, 2.75) is 19.1 Å². The Kier molecular flexibility index (Phi) is 5.60. The van der Waals surface area contributed by atoms with Crippen LogP contribution in [0.15, 0.2) is 47.1 Å². The van der Waals surface area contributed by atoms with Gasteiger partial charge < -0.3 is 4.74 Å². The molecule has 0 fully saturated rings. The number of alkyl halides is 2. The molecule has 1 atom stereocenters. The average Bonchev–Trinajstić information content (AvgIpc) is 2.47. The lowest BCUT2D eigenvalue weighted by atomic mass is 10.0. The Balaban J connectivity index is 2.22. The molecule has 0 saturated heterocycles. The zero-order chi connectivity index (χ0) is 15.2. The first-order valence-corrected chi connectivity index (χ1v) is 6.99. The molecule has 7 heteroatoms. The summed E-state index contributed by atoms with van der Waals surface area (Å²) >= 11 is 3.31. The predicted octanol–water partition coefficient (Wildman–Crippen LogP) is 3.19. The van der Waals surface area contributed by atoms with Gasteiger partial charge in [-0.2, -0.15) is 8.78 Å². The van der Waals surface area contributed by atoms with Crippen LogP contribution in [0.2, 0.25) is 0 Å². The van der Waals surface area contributed by atoms with E-state index in [0.29, 0.717) is 12.0 Å². The van der Waals surface area contributed by atoms with Crippen molar-refractivity contribution in [3.63, 3.8) is 0 Å². The van der Waals surface area contributed by atoms with E-state index in [9.17, 15) is 8.78 Å². The number of hydrogen-bond acceptors (Lipinski definition) is 4. The van der Waals surface area contributed by atoms with Crippen molar-refractivity contribution in [2.24, 2.45) is 5.84 Å². The number of aromatic nitrogens is 1. The number of pyridine rings is 1. The summed E-state index contributed by atoms with van der Waals surface area (Å²) in [5, 5.41) is 0. The maximum atomic E-state index is 12.4. The molecule has 0 saturated carbocycles. The van der Waals surface area contributed by atoms with E-state index in [0.717, 1.165) is 10.2 Å². The minimum atomic E-state index is -2.88. The summed E-state index contributed by atoms with van der Waals surface area (Å²) in [7, 11) is 0. The molecule has 4 nitrogen and oxygen atoms in total. The average molecular weight is 358 g/mol. The van der Waals surface area contributed by atoms with Gasteiger partial charge in [0, 0.05) is 28.3 Å². The normalized spacial score (nSPS) is 12.4. The van der Waals surface area contributed by atoms with Crippen LogP contribution in [0.5, 0.6) is 5.75 Å². The Morgan fingerprint density at radius 1 is 1.24 bits per heavy atom. The number of nitrogens with one attached hydrogen (secondary N) is 1. The third-order valence-corrected chi connectivity index (χ3v) is 3.38. The summed E-state index contributed by atoms with van der Waals surface area (Å²) in [6.45, 7) is -2.88. The number of halogens is 3. The molecule has 0 radical (unpaired) electrons. The van der Waals surface area contributed by atoms with Crippen LogP contribution in [-0.2, 0) is 6.42 Å². The van der Waals surface area contributed by atoms with Crippen LogP contribution in [0.1, 0.15) is 17.3 Å². The van der Waals surface area contributed by atoms with E-state index < -0.39 is 6.61 Å². The highest BCUT2D eigenvalue weighted by atomic mass is 79.9. The molecule has 2 aromatic rings. The fourth-order valence-corrected chi connectivity index (χ4v) is 2.20. The third kappa shape index (κ3) is 4.45. The molecule has 21 heavy (non-hydrogen) atoms. The van der Waals surface area contributed by atoms with Crippen molar-refractivity contribution in [3.8, 4) is 5.75 Å².